The van der Waals surface area contributed by atoms with Crippen LogP contribution in [-0.2, 0) is 24.8 Å². The lowest BCUT2D eigenvalue weighted by molar-refractivity contribution is -0.140. The van der Waals surface area contributed by atoms with Gasteiger partial charge in [0, 0.05) is 25.2 Å². The summed E-state index contributed by atoms with van der Waals surface area (Å²) < 4.78 is 31.6. The number of guanidine groups is 1. The molecule has 1 aliphatic rings. The van der Waals surface area contributed by atoms with E-state index >= 15 is 0 Å². The lowest BCUT2D eigenvalue weighted by Crippen LogP contribution is -2.53. The second kappa shape index (κ2) is 17.9. The van der Waals surface area contributed by atoms with Crippen LogP contribution in [0.3, 0.4) is 0 Å². The van der Waals surface area contributed by atoms with Crippen LogP contribution in [0.4, 0.5) is 0 Å². The maximum atomic E-state index is 12.9. The summed E-state index contributed by atoms with van der Waals surface area (Å²) in [5, 5.41) is 15.3. The zero-order valence-electron chi connectivity index (χ0n) is 22.1. The zero-order valence-corrected chi connectivity index (χ0v) is 22.9. The second-order valence-electron chi connectivity index (χ2n) is 9.10. The molecule has 2 rings (SSSR count). The van der Waals surface area contributed by atoms with Crippen molar-refractivity contribution >= 4 is 40.4 Å². The number of amides is 3. The number of carbonyl (C=O) groups excluding carboxylic acids is 4. The first-order valence-electron chi connectivity index (χ1n) is 12.8. The molecule has 1 aromatic rings. The maximum absolute atomic E-state index is 12.9. The van der Waals surface area contributed by atoms with Gasteiger partial charge in [-0.3, -0.25) is 28.9 Å². The fourth-order valence-electron chi connectivity index (χ4n) is 4.02. The summed E-state index contributed by atoms with van der Waals surface area (Å²) >= 11 is 0. The van der Waals surface area contributed by atoms with Crippen molar-refractivity contribution in [2.24, 2.45) is 11.5 Å². The van der Waals surface area contributed by atoms with E-state index in [0.29, 0.717) is 76.4 Å². The fraction of sp³-hybridized carbons (Fsp3) is 0.542. The lowest BCUT2D eigenvalue weighted by Gasteiger charge is -2.27. The largest absolute Gasteiger partial charge is 0.394 e. The summed E-state index contributed by atoms with van der Waals surface area (Å²) in [6.07, 6.45) is 4.63. The maximum Gasteiger partial charge on any atom is 0.394 e. The van der Waals surface area contributed by atoms with Crippen LogP contribution in [0.25, 0.3) is 0 Å². The van der Waals surface area contributed by atoms with E-state index in [0.717, 1.165) is 0 Å². The standard InChI is InChI=1S/C24H37N7O4.H2O4S/c25-19(11-4-5-13-28-21(33)17-8-2-1-3-9-17)23(35)31-15-7-12-20(31)22(34)30-18(16-32)10-6-14-29-24(26)27;1-5(2,3)4/h1-3,8-9,16,18-20H,4-7,10-15,25H2,(H,28,33)(H,30,34)(H4,26,27,29);(H2,1,2,3,4)/t18-,19+,20-;/m0./s1. The van der Waals surface area contributed by atoms with Crippen molar-refractivity contribution in [3.8, 4) is 0 Å². The first kappa shape index (κ1) is 34.4. The first-order chi connectivity index (χ1) is 18.8. The molecule has 0 aliphatic carbocycles. The molecule has 3 atom stereocenters. The minimum absolute atomic E-state index is 0.138. The Balaban J connectivity index is 0.00000146. The molecule has 0 radical (unpaired) electrons. The lowest BCUT2D eigenvalue weighted by atomic mass is 10.1. The predicted octanol–water partition coefficient (Wildman–Crippen LogP) is -0.801. The van der Waals surface area contributed by atoms with E-state index in [1.54, 1.807) is 24.3 Å². The van der Waals surface area contributed by atoms with Gasteiger partial charge in [0.15, 0.2) is 5.96 Å². The minimum atomic E-state index is -4.67. The summed E-state index contributed by atoms with van der Waals surface area (Å²) in [4.78, 5) is 50.6. The van der Waals surface area contributed by atoms with Gasteiger partial charge in [-0.25, -0.2) is 0 Å². The molecule has 40 heavy (non-hydrogen) atoms. The normalized spacial score (nSPS) is 16.1. The molecule has 0 spiro atoms. The molecule has 16 heteroatoms. The molecular weight excluding hydrogens is 546 g/mol. The Morgan fingerprint density at radius 2 is 1.70 bits per heavy atom. The molecule has 3 amide bonds. The number of likely N-dealkylation sites (tertiary alicyclic amines) is 1. The molecule has 1 saturated heterocycles. The molecule has 10 N–H and O–H groups in total. The molecular formula is C24H39N7O8S. The number of carbonyl (C=O) groups is 4. The Labute approximate surface area is 233 Å². The Kier molecular flexibility index (Phi) is 15.4. The average molecular weight is 586 g/mol. The highest BCUT2D eigenvalue weighted by Gasteiger charge is 2.36. The number of hydrogen-bond acceptors (Lipinski definition) is 8. The zero-order chi connectivity index (χ0) is 30.1. The van der Waals surface area contributed by atoms with E-state index in [2.05, 4.69) is 16.0 Å². The number of nitrogens with zero attached hydrogens (tertiary/aromatic N) is 1. The highest BCUT2D eigenvalue weighted by Crippen LogP contribution is 2.19. The summed E-state index contributed by atoms with van der Waals surface area (Å²) in [6.45, 7) is 1.36. The molecule has 1 fully saturated rings. The van der Waals surface area contributed by atoms with Gasteiger partial charge in [-0.2, -0.15) is 8.42 Å². The van der Waals surface area contributed by atoms with E-state index in [1.165, 1.54) is 4.90 Å². The minimum Gasteiger partial charge on any atom is -0.370 e. The number of aldehydes is 1. The topological polar surface area (TPSA) is 258 Å². The number of nitrogens with one attached hydrogen (secondary N) is 4. The first-order valence-corrected chi connectivity index (χ1v) is 14.2. The molecule has 0 aromatic heterocycles. The van der Waals surface area contributed by atoms with Crippen LogP contribution < -0.4 is 27.4 Å². The number of hydrogen-bond donors (Lipinski definition) is 8. The smallest absolute Gasteiger partial charge is 0.370 e. The van der Waals surface area contributed by atoms with Crippen molar-refractivity contribution in [2.75, 3.05) is 19.6 Å². The highest BCUT2D eigenvalue weighted by atomic mass is 32.3. The van der Waals surface area contributed by atoms with E-state index in [9.17, 15) is 19.2 Å². The number of unbranched alkanes of at least 4 members (excludes halogenated alkanes) is 1. The van der Waals surface area contributed by atoms with Gasteiger partial charge in [-0.15, -0.1) is 0 Å². The van der Waals surface area contributed by atoms with Crippen molar-refractivity contribution in [2.45, 2.75) is 63.1 Å². The van der Waals surface area contributed by atoms with Crippen LogP contribution in [-0.4, -0.2) is 90.2 Å². The molecule has 15 nitrogen and oxygen atoms in total. The van der Waals surface area contributed by atoms with Crippen LogP contribution in [0, 0.1) is 5.41 Å². The number of nitrogens with two attached hydrogens (primary N) is 2. The van der Waals surface area contributed by atoms with E-state index in [1.807, 2.05) is 6.07 Å². The van der Waals surface area contributed by atoms with Gasteiger partial charge in [0.2, 0.25) is 11.8 Å². The Hall–Kier alpha value is -3.60. The molecule has 0 unspecified atom stereocenters. The molecule has 0 bridgehead atoms. The Morgan fingerprint density at radius 1 is 1.07 bits per heavy atom. The molecule has 1 heterocycles. The number of rotatable bonds is 14. The van der Waals surface area contributed by atoms with Crippen LogP contribution in [0.15, 0.2) is 30.3 Å². The van der Waals surface area contributed by atoms with Gasteiger partial charge >= 0.3 is 10.4 Å². The quantitative estimate of drug-likeness (QED) is 0.0440. The average Bonchev–Trinajstić information content (AvgIpc) is 3.39. The highest BCUT2D eigenvalue weighted by molar-refractivity contribution is 7.79. The van der Waals surface area contributed by atoms with Crippen molar-refractivity contribution in [1.82, 2.24) is 20.9 Å². The van der Waals surface area contributed by atoms with Gasteiger partial charge < -0.3 is 37.1 Å². The summed E-state index contributed by atoms with van der Waals surface area (Å²) in [5.74, 6) is -0.918. The molecule has 0 saturated carbocycles. The molecule has 224 valence electrons. The fourth-order valence-corrected chi connectivity index (χ4v) is 4.02. The van der Waals surface area contributed by atoms with Gasteiger partial charge in [-0.05, 0) is 57.1 Å². The SMILES string of the molecule is N=C(N)NCCC[C@@H](C=O)NC(=O)[C@@H]1CCCN1C(=O)[C@H](N)CCCCNC(=O)c1ccccc1.O=S(=O)(O)O. The third kappa shape index (κ3) is 14.5. The van der Waals surface area contributed by atoms with Crippen LogP contribution in [0.2, 0.25) is 0 Å². The van der Waals surface area contributed by atoms with Gasteiger partial charge in [0.25, 0.3) is 5.91 Å². The van der Waals surface area contributed by atoms with E-state index < -0.39 is 28.5 Å². The van der Waals surface area contributed by atoms with E-state index in [-0.39, 0.29) is 23.7 Å². The summed E-state index contributed by atoms with van der Waals surface area (Å²) in [7, 11) is -4.67. The van der Waals surface area contributed by atoms with E-state index in [4.69, 9.17) is 34.4 Å². The number of benzene rings is 1. The molecule has 1 aliphatic heterocycles. The van der Waals surface area contributed by atoms with Crippen molar-refractivity contribution in [3.63, 3.8) is 0 Å². The molecule has 1 aromatic carbocycles. The van der Waals surface area contributed by atoms with Gasteiger partial charge in [-0.1, -0.05) is 18.2 Å². The van der Waals surface area contributed by atoms with Crippen LogP contribution in [0.5, 0.6) is 0 Å². The van der Waals surface area contributed by atoms with Gasteiger partial charge in [0.1, 0.15) is 12.3 Å². The Morgan fingerprint density at radius 3 is 2.30 bits per heavy atom. The van der Waals surface area contributed by atoms with Crippen molar-refractivity contribution in [1.29, 1.82) is 5.41 Å². The third-order valence-corrected chi connectivity index (χ3v) is 5.92. The summed E-state index contributed by atoms with van der Waals surface area (Å²) in [6, 6.07) is 6.90. The Bertz CT molecular complexity index is 1080. The predicted molar refractivity (Wildman–Crippen MR) is 147 cm³/mol. The van der Waals surface area contributed by atoms with Crippen molar-refractivity contribution < 1.29 is 36.7 Å². The third-order valence-electron chi connectivity index (χ3n) is 5.92. The second-order valence-corrected chi connectivity index (χ2v) is 9.99. The van der Waals surface area contributed by atoms with Crippen LogP contribution in [0.1, 0.15) is 55.3 Å². The van der Waals surface area contributed by atoms with Crippen LogP contribution >= 0.6 is 0 Å². The monoisotopic (exact) mass is 585 g/mol. The summed E-state index contributed by atoms with van der Waals surface area (Å²) in [5.41, 5.74) is 11.9. The van der Waals surface area contributed by atoms with Gasteiger partial charge in [0.05, 0.1) is 12.1 Å². The van der Waals surface area contributed by atoms with Crippen molar-refractivity contribution in [3.05, 3.63) is 35.9 Å².